The molecule has 2 aliphatic heterocycles. The number of carbonyl (C=O) groups is 1. The normalized spacial score (nSPS) is 17.4. The summed E-state index contributed by atoms with van der Waals surface area (Å²) >= 11 is 1.43. The van der Waals surface area contributed by atoms with E-state index >= 15 is 0 Å². The van der Waals surface area contributed by atoms with Crippen molar-refractivity contribution in [3.8, 4) is 11.1 Å². The average molecular weight is 961 g/mol. The number of hydrogen-bond acceptors (Lipinski definition) is 10. The molecule has 0 radical (unpaired) electrons. The van der Waals surface area contributed by atoms with Gasteiger partial charge in [-0.3, -0.25) is 4.79 Å². The predicted octanol–water partition coefficient (Wildman–Crippen LogP) is 9.45. The zero-order chi connectivity index (χ0) is 46.6. The molecule has 5 aromatic rings. The summed E-state index contributed by atoms with van der Waals surface area (Å²) in [6, 6.07) is 28.8. The van der Waals surface area contributed by atoms with Crippen molar-refractivity contribution in [2.75, 3.05) is 35.6 Å². The first-order valence-corrected chi connectivity index (χ1v) is 24.8. The SMILES string of the molecule is O=C(NS(=O)(=O)c1ccc(NC(CSc2ccccc2)C[C@@H]2CCCN2)c(S(=O)(=O)C(F)(F)F)c1)c1ccc(N2CCC(C(O)c3ccccc3-c3ccc(C(F)(F)F)cc3)CC2)cc1. The Balaban J connectivity index is 1.02. The third kappa shape index (κ3) is 11.5. The van der Waals surface area contributed by atoms with E-state index in [0.29, 0.717) is 66.5 Å². The van der Waals surface area contributed by atoms with Crippen LogP contribution in [-0.2, 0) is 26.0 Å². The standard InChI is InChI=1S/C46H46F6N4O6S3/c47-45(48,49)33-16-12-30(13-17-33)39-10-4-5-11-40(39)43(57)31-22-25-56(26-23-31)36-18-14-32(15-19-36)44(58)55-65(61,62)38-20-21-41(42(28-38)64(59,60)46(50,51)52)54-35(27-34-7-6-24-53-34)29-63-37-8-2-1-3-9-37/h1-5,8-21,28,31,34-35,43,53-54,57H,6-7,22-27,29H2,(H,55,58)/t34-,35?,43?/m0/s1. The van der Waals surface area contributed by atoms with Gasteiger partial charge in [0.05, 0.1) is 22.3 Å². The molecule has 4 N–H and O–H groups in total. The van der Waals surface area contributed by atoms with Crippen molar-refractivity contribution in [1.29, 1.82) is 0 Å². The molecule has 19 heteroatoms. The molecule has 7 rings (SSSR count). The number of benzene rings is 5. The van der Waals surface area contributed by atoms with E-state index in [-0.39, 0.29) is 17.5 Å². The highest BCUT2D eigenvalue weighted by molar-refractivity contribution is 7.99. The quantitative estimate of drug-likeness (QED) is 0.0592. The summed E-state index contributed by atoms with van der Waals surface area (Å²) in [5.74, 6) is -0.923. The molecule has 2 saturated heterocycles. The molecule has 0 saturated carbocycles. The second-order valence-corrected chi connectivity index (χ2v) is 20.7. The van der Waals surface area contributed by atoms with E-state index in [2.05, 4.69) is 10.6 Å². The van der Waals surface area contributed by atoms with Crippen LogP contribution in [0.5, 0.6) is 0 Å². The molecular formula is C46H46F6N4O6S3. The number of halogens is 6. The number of sulfone groups is 1. The first kappa shape index (κ1) is 47.9. The Hall–Kier alpha value is -5.08. The van der Waals surface area contributed by atoms with Crippen molar-refractivity contribution >= 4 is 48.9 Å². The number of aliphatic hydroxyl groups is 1. The van der Waals surface area contributed by atoms with Crippen LogP contribution in [0.3, 0.4) is 0 Å². The van der Waals surface area contributed by atoms with Crippen LogP contribution in [0, 0.1) is 5.92 Å². The van der Waals surface area contributed by atoms with Gasteiger partial charge >= 0.3 is 11.7 Å². The van der Waals surface area contributed by atoms with E-state index in [1.165, 1.54) is 36.0 Å². The van der Waals surface area contributed by atoms with E-state index in [0.717, 1.165) is 48.5 Å². The average Bonchev–Trinajstić information content (AvgIpc) is 3.81. The maximum atomic E-state index is 14.1. The van der Waals surface area contributed by atoms with Gasteiger partial charge in [0.25, 0.3) is 25.8 Å². The molecule has 0 bridgehead atoms. The molecule has 10 nitrogen and oxygen atoms in total. The lowest BCUT2D eigenvalue weighted by atomic mass is 9.84. The van der Waals surface area contributed by atoms with Crippen molar-refractivity contribution in [3.63, 3.8) is 0 Å². The lowest BCUT2D eigenvalue weighted by Crippen LogP contribution is -2.36. The van der Waals surface area contributed by atoms with Gasteiger partial charge in [-0.2, -0.15) is 26.3 Å². The van der Waals surface area contributed by atoms with Gasteiger partial charge in [-0.25, -0.2) is 21.6 Å². The summed E-state index contributed by atoms with van der Waals surface area (Å²) in [5.41, 5.74) is -4.61. The van der Waals surface area contributed by atoms with Gasteiger partial charge in [0.2, 0.25) is 0 Å². The Kier molecular flexibility index (Phi) is 14.6. The van der Waals surface area contributed by atoms with Crippen LogP contribution in [0.2, 0.25) is 0 Å². The first-order chi connectivity index (χ1) is 30.8. The van der Waals surface area contributed by atoms with E-state index in [4.69, 9.17) is 0 Å². The van der Waals surface area contributed by atoms with Gasteiger partial charge in [0.15, 0.2) is 0 Å². The molecule has 1 amide bonds. The topological polar surface area (TPSA) is 145 Å². The molecule has 2 heterocycles. The number of amides is 1. The molecule has 3 atom stereocenters. The van der Waals surface area contributed by atoms with Crippen LogP contribution in [-0.4, -0.2) is 70.8 Å². The van der Waals surface area contributed by atoms with Gasteiger partial charge in [-0.05, 0) is 128 Å². The minimum Gasteiger partial charge on any atom is -0.388 e. The highest BCUT2D eigenvalue weighted by Gasteiger charge is 2.48. The summed E-state index contributed by atoms with van der Waals surface area (Å²) in [4.78, 5) is 14.0. The predicted molar refractivity (Wildman–Crippen MR) is 238 cm³/mol. The summed E-state index contributed by atoms with van der Waals surface area (Å²) < 4.78 is 137. The number of hydrogen-bond donors (Lipinski definition) is 4. The van der Waals surface area contributed by atoms with Gasteiger partial charge in [-0.15, -0.1) is 11.8 Å². The molecule has 0 spiro atoms. The smallest absolute Gasteiger partial charge is 0.388 e. The van der Waals surface area contributed by atoms with Gasteiger partial charge in [0, 0.05) is 47.1 Å². The fourth-order valence-electron chi connectivity index (χ4n) is 8.19. The van der Waals surface area contributed by atoms with Crippen molar-refractivity contribution in [2.24, 2.45) is 5.92 Å². The van der Waals surface area contributed by atoms with Crippen LogP contribution in [0.4, 0.5) is 37.7 Å². The Labute approximate surface area is 377 Å². The number of alkyl halides is 6. The number of rotatable bonds is 15. The number of thioether (sulfide) groups is 1. The first-order valence-electron chi connectivity index (χ1n) is 20.8. The van der Waals surface area contributed by atoms with E-state index < -0.39 is 70.6 Å². The molecule has 2 aliphatic rings. The molecule has 346 valence electrons. The van der Waals surface area contributed by atoms with Crippen LogP contribution < -0.4 is 20.3 Å². The van der Waals surface area contributed by atoms with Crippen LogP contribution in [0.15, 0.2) is 136 Å². The molecule has 65 heavy (non-hydrogen) atoms. The third-order valence-electron chi connectivity index (χ3n) is 11.7. The lowest BCUT2D eigenvalue weighted by Gasteiger charge is -2.36. The number of anilines is 2. The van der Waals surface area contributed by atoms with Crippen molar-refractivity contribution in [3.05, 3.63) is 138 Å². The van der Waals surface area contributed by atoms with Gasteiger partial charge in [0.1, 0.15) is 4.90 Å². The van der Waals surface area contributed by atoms with Crippen LogP contribution in [0.25, 0.3) is 11.1 Å². The zero-order valence-corrected chi connectivity index (χ0v) is 37.1. The van der Waals surface area contributed by atoms with E-state index in [1.807, 2.05) is 40.0 Å². The molecule has 2 unspecified atom stereocenters. The van der Waals surface area contributed by atoms with Gasteiger partial charge in [-0.1, -0.05) is 54.6 Å². The Morgan fingerprint density at radius 3 is 2.11 bits per heavy atom. The second kappa shape index (κ2) is 19.8. The van der Waals surface area contributed by atoms with Crippen molar-refractivity contribution < 1.29 is 53.1 Å². The fraction of sp³-hybridized carbons (Fsp3) is 0.326. The Bertz CT molecular complexity index is 2660. The van der Waals surface area contributed by atoms with Crippen molar-refractivity contribution in [1.82, 2.24) is 10.0 Å². The second-order valence-electron chi connectivity index (χ2n) is 16.0. The molecule has 0 aliphatic carbocycles. The van der Waals surface area contributed by atoms with E-state index in [9.17, 15) is 53.1 Å². The number of sulfonamides is 1. The monoisotopic (exact) mass is 960 g/mol. The van der Waals surface area contributed by atoms with Crippen molar-refractivity contribution in [2.45, 2.75) is 76.7 Å². The highest BCUT2D eigenvalue weighted by atomic mass is 32.2. The fourth-order valence-corrected chi connectivity index (χ4v) is 11.2. The minimum absolute atomic E-state index is 0.0314. The zero-order valence-electron chi connectivity index (χ0n) is 34.6. The maximum absolute atomic E-state index is 14.1. The largest absolute Gasteiger partial charge is 0.501 e. The number of piperidine rings is 1. The summed E-state index contributed by atoms with van der Waals surface area (Å²) in [5, 5.41) is 17.8. The maximum Gasteiger partial charge on any atom is 0.501 e. The lowest BCUT2D eigenvalue weighted by molar-refractivity contribution is -0.137. The van der Waals surface area contributed by atoms with Crippen LogP contribution >= 0.6 is 11.8 Å². The Morgan fingerprint density at radius 1 is 0.815 bits per heavy atom. The molecule has 0 aromatic heterocycles. The number of nitrogens with zero attached hydrogens (tertiary/aromatic N) is 1. The molecule has 2 fully saturated rings. The minimum atomic E-state index is -6.08. The highest BCUT2D eigenvalue weighted by Crippen LogP contribution is 2.40. The molecule has 5 aromatic carbocycles. The number of carbonyl (C=O) groups excluding carboxylic acids is 1. The van der Waals surface area contributed by atoms with Crippen LogP contribution in [0.1, 0.15) is 59.7 Å². The summed E-state index contributed by atoms with van der Waals surface area (Å²) in [6.07, 6.45) is -2.10. The summed E-state index contributed by atoms with van der Waals surface area (Å²) in [6.45, 7) is 1.77. The number of nitrogens with one attached hydrogen (secondary N) is 3. The Morgan fingerprint density at radius 2 is 1.48 bits per heavy atom. The summed E-state index contributed by atoms with van der Waals surface area (Å²) in [7, 11) is -11.0. The van der Waals surface area contributed by atoms with Gasteiger partial charge < -0.3 is 20.6 Å². The third-order valence-corrected chi connectivity index (χ3v) is 15.7. The number of aliphatic hydroxyl groups excluding tert-OH is 1. The van der Waals surface area contributed by atoms with E-state index in [1.54, 1.807) is 36.4 Å². The molecular weight excluding hydrogens is 915 g/mol.